The average Bonchev–Trinajstić information content (AvgIpc) is 3.13. The van der Waals surface area contributed by atoms with E-state index >= 15 is 0 Å². The molecule has 4 nitrogen and oxygen atoms in total. The fourth-order valence-electron chi connectivity index (χ4n) is 6.33. The lowest BCUT2D eigenvalue weighted by atomic mass is 9.48. The highest BCUT2D eigenvalue weighted by atomic mass is 16.4. The van der Waals surface area contributed by atoms with Gasteiger partial charge in [0.25, 0.3) is 0 Å². The Hall–Kier alpha value is -2.82. The van der Waals surface area contributed by atoms with Crippen LogP contribution in [0.1, 0.15) is 72.6 Å². The van der Waals surface area contributed by atoms with Crippen molar-refractivity contribution < 1.29 is 14.4 Å². The molecule has 2 aliphatic rings. The first kappa shape index (κ1) is 21.4. The lowest BCUT2D eigenvalue weighted by molar-refractivity contribution is -0.336. The van der Waals surface area contributed by atoms with Crippen LogP contribution in [-0.4, -0.2) is 32.2 Å². The first-order valence-electron chi connectivity index (χ1n) is 11.4. The largest absolute Gasteiger partial charge is 0.478 e. The van der Waals surface area contributed by atoms with E-state index in [1.807, 2.05) is 12.1 Å². The first-order valence-corrected chi connectivity index (χ1v) is 11.4. The van der Waals surface area contributed by atoms with Gasteiger partial charge < -0.3 is 14.1 Å². The minimum absolute atomic E-state index is 0.319. The van der Waals surface area contributed by atoms with Gasteiger partial charge in [0.2, 0.25) is 0 Å². The van der Waals surface area contributed by atoms with E-state index in [4.69, 9.17) is 0 Å². The zero-order valence-electron chi connectivity index (χ0n) is 20.1. The van der Waals surface area contributed by atoms with E-state index in [0.29, 0.717) is 5.56 Å². The van der Waals surface area contributed by atoms with Crippen molar-refractivity contribution in [3.63, 3.8) is 0 Å². The minimum Gasteiger partial charge on any atom is -0.478 e. The Bertz CT molecular complexity index is 1220. The summed E-state index contributed by atoms with van der Waals surface area (Å²) in [5, 5.41) is 9.39. The van der Waals surface area contributed by atoms with Gasteiger partial charge in [-0.25, -0.2) is 4.79 Å². The van der Waals surface area contributed by atoms with Gasteiger partial charge in [-0.15, -0.1) is 13.6 Å². The molecular formula is C26H33BN2O2. The molecule has 0 spiro atoms. The molecule has 0 atom stereocenters. The van der Waals surface area contributed by atoms with Gasteiger partial charge in [0, 0.05) is 23.8 Å². The number of nitrogens with zero attached hydrogens (tertiary/aromatic N) is 2. The summed E-state index contributed by atoms with van der Waals surface area (Å²) in [6.07, 6.45) is 0.947. The molecule has 1 aromatic carbocycles. The van der Waals surface area contributed by atoms with Crippen molar-refractivity contribution >= 4 is 23.7 Å². The van der Waals surface area contributed by atoms with Gasteiger partial charge in [0.1, 0.15) is 5.71 Å². The number of rotatable bonds is 4. The lowest BCUT2D eigenvalue weighted by Gasteiger charge is -2.40. The van der Waals surface area contributed by atoms with E-state index in [1.54, 1.807) is 12.1 Å². The molecule has 0 unspecified atom stereocenters. The Kier molecular flexibility index (Phi) is 4.92. The zero-order valence-corrected chi connectivity index (χ0v) is 20.1. The van der Waals surface area contributed by atoms with Crippen LogP contribution in [-0.2, 0) is 6.42 Å². The monoisotopic (exact) mass is 416 g/mol. The maximum Gasteiger partial charge on any atom is 0.373 e. The Morgan fingerprint density at radius 1 is 1.03 bits per heavy atom. The molecule has 1 N–H and O–H groups in total. The second-order valence-electron chi connectivity index (χ2n) is 9.51. The van der Waals surface area contributed by atoms with Gasteiger partial charge in [-0.3, -0.25) is 0 Å². The number of hydrogen-bond donors (Lipinski definition) is 1. The van der Waals surface area contributed by atoms with Crippen molar-refractivity contribution in [2.75, 3.05) is 0 Å². The Labute approximate surface area is 185 Å². The van der Waals surface area contributed by atoms with E-state index < -0.39 is 12.4 Å². The molecule has 2 aromatic rings. The molecule has 31 heavy (non-hydrogen) atoms. The number of aromatic nitrogens is 1. The minimum atomic E-state index is -1.06. The number of hydrogen-bond acceptors (Lipinski definition) is 1. The summed E-state index contributed by atoms with van der Waals surface area (Å²) >= 11 is 0. The van der Waals surface area contributed by atoms with Gasteiger partial charge in [-0.2, -0.15) is 0 Å². The van der Waals surface area contributed by atoms with Crippen LogP contribution in [0.2, 0.25) is 13.6 Å². The molecule has 0 saturated heterocycles. The van der Waals surface area contributed by atoms with Gasteiger partial charge in [-0.1, -0.05) is 26.0 Å². The van der Waals surface area contributed by atoms with Gasteiger partial charge >= 0.3 is 12.4 Å². The molecule has 0 radical (unpaired) electrons. The molecular weight excluding hydrogens is 383 g/mol. The Balaban J connectivity index is 2.17. The third-order valence-corrected chi connectivity index (χ3v) is 7.56. The number of allylic oxidation sites excluding steroid dienone is 2. The van der Waals surface area contributed by atoms with Crippen LogP contribution in [0.5, 0.6) is 0 Å². The van der Waals surface area contributed by atoms with Crippen molar-refractivity contribution in [2.45, 2.75) is 68.0 Å². The second kappa shape index (κ2) is 7.11. The van der Waals surface area contributed by atoms with Gasteiger partial charge in [0.05, 0.1) is 11.1 Å². The third-order valence-electron chi connectivity index (χ3n) is 7.56. The number of carboxylic acids is 1. The summed E-state index contributed by atoms with van der Waals surface area (Å²) < 4.78 is 5.13. The van der Waals surface area contributed by atoms with Gasteiger partial charge in [-0.05, 0) is 68.1 Å². The molecule has 0 amide bonds. The molecule has 0 saturated carbocycles. The molecule has 0 bridgehead atoms. The number of aromatic carboxylic acids is 1. The summed E-state index contributed by atoms with van der Waals surface area (Å²) in [6.45, 7) is 18.2. The summed E-state index contributed by atoms with van der Waals surface area (Å²) in [4.78, 5) is 11.4. The summed E-state index contributed by atoms with van der Waals surface area (Å²) in [6, 6.07) is 7.39. The number of carbonyl (C=O) groups is 1. The Morgan fingerprint density at radius 2 is 1.65 bits per heavy atom. The van der Waals surface area contributed by atoms with Crippen LogP contribution in [0.15, 0.2) is 41.1 Å². The maximum atomic E-state index is 11.4. The van der Waals surface area contributed by atoms with E-state index in [0.717, 1.165) is 18.4 Å². The van der Waals surface area contributed by atoms with Crippen molar-refractivity contribution in [3.8, 4) is 0 Å². The van der Waals surface area contributed by atoms with E-state index in [9.17, 15) is 9.90 Å². The quantitative estimate of drug-likeness (QED) is 0.631. The summed E-state index contributed by atoms with van der Waals surface area (Å²) in [5.74, 6) is -0.892. The maximum absolute atomic E-state index is 11.4. The molecule has 162 valence electrons. The number of benzene rings is 1. The third kappa shape index (κ3) is 2.75. The number of fused-ring (bicyclic) bond motifs is 2. The highest BCUT2D eigenvalue weighted by Gasteiger charge is 2.47. The molecule has 0 fully saturated rings. The highest BCUT2D eigenvalue weighted by molar-refractivity contribution is 6.70. The van der Waals surface area contributed by atoms with Crippen LogP contribution in [0, 0.1) is 13.8 Å². The number of carboxylic acid groups (broad SMARTS) is 1. The van der Waals surface area contributed by atoms with Crippen molar-refractivity contribution in [3.05, 3.63) is 74.8 Å². The lowest BCUT2D eigenvalue weighted by Crippen LogP contribution is -2.53. The average molecular weight is 416 g/mol. The van der Waals surface area contributed by atoms with E-state index in [1.165, 1.54) is 50.6 Å². The molecule has 4 rings (SSSR count). The fourth-order valence-corrected chi connectivity index (χ4v) is 6.33. The summed E-state index contributed by atoms with van der Waals surface area (Å²) in [5.41, 5.74) is 13.4. The van der Waals surface area contributed by atoms with Crippen LogP contribution in [0.4, 0.5) is 0 Å². The Morgan fingerprint density at radius 3 is 2.16 bits per heavy atom. The predicted octanol–water partition coefficient (Wildman–Crippen LogP) is 5.90. The topological polar surface area (TPSA) is 45.2 Å². The van der Waals surface area contributed by atoms with Crippen molar-refractivity contribution in [1.29, 1.82) is 0 Å². The van der Waals surface area contributed by atoms with Gasteiger partial charge in [0.15, 0.2) is 5.70 Å². The molecule has 5 heteroatoms. The first-order chi connectivity index (χ1) is 14.6. The molecule has 1 aromatic heterocycles. The van der Waals surface area contributed by atoms with Crippen LogP contribution >= 0.6 is 0 Å². The van der Waals surface area contributed by atoms with Crippen molar-refractivity contribution in [2.24, 2.45) is 0 Å². The van der Waals surface area contributed by atoms with E-state index in [-0.39, 0.29) is 0 Å². The highest BCUT2D eigenvalue weighted by Crippen LogP contribution is 2.46. The molecule has 2 aliphatic heterocycles. The fraction of sp³-hybridized carbons (Fsp3) is 0.385. The van der Waals surface area contributed by atoms with Crippen LogP contribution < -0.4 is 0 Å². The van der Waals surface area contributed by atoms with E-state index in [2.05, 4.69) is 64.2 Å². The van der Waals surface area contributed by atoms with Crippen molar-refractivity contribution in [1.82, 2.24) is 4.48 Å². The molecule has 0 aliphatic carbocycles. The molecule has 3 heterocycles. The smallest absolute Gasteiger partial charge is 0.373 e. The zero-order chi connectivity index (χ0) is 22.8. The standard InChI is InChI=1S/C26H33BN2O2/c1-9-21-15(3)24-23(19-11-13-20(14-12-19)26(30)31)25-16(4)22(10-2)18(6)29(25)27(7,8)28(24)17(21)5/h11-14H,9-10H2,1-8H3,(H,30,31). The normalized spacial score (nSPS) is 17.4. The van der Waals surface area contributed by atoms with Crippen LogP contribution in [0.3, 0.4) is 0 Å². The SMILES string of the molecule is CCC1=C(C)C2=C(c3ccc(C(=O)O)cc3)c3c(C)c(CC)c(C)n3[B-](C)(C)[N+]2=C1C. The predicted molar refractivity (Wildman–Crippen MR) is 130 cm³/mol. The van der Waals surface area contributed by atoms with Crippen LogP contribution in [0.25, 0.3) is 5.57 Å². The second-order valence-corrected chi connectivity index (χ2v) is 9.51. The summed E-state index contributed by atoms with van der Waals surface area (Å²) in [7, 11) is 0.